The van der Waals surface area contributed by atoms with Crippen LogP contribution < -0.4 is 0 Å². The Morgan fingerprint density at radius 3 is 1.36 bits per heavy atom. The van der Waals surface area contributed by atoms with Gasteiger partial charge in [-0.25, -0.2) is 0 Å². The van der Waals surface area contributed by atoms with Crippen molar-refractivity contribution >= 4 is 0 Å². The molecule has 0 amide bonds. The third-order valence-corrected chi connectivity index (χ3v) is 2.77. The van der Waals surface area contributed by atoms with Crippen LogP contribution in [0, 0.1) is 27.7 Å². The van der Waals surface area contributed by atoms with E-state index in [1.807, 2.05) is 0 Å². The van der Waals surface area contributed by atoms with E-state index in [4.69, 9.17) is 0 Å². The van der Waals surface area contributed by atoms with Gasteiger partial charge in [0.05, 0.1) is 0 Å². The molecule has 0 radical (unpaired) electrons. The van der Waals surface area contributed by atoms with E-state index in [9.17, 15) is 0 Å². The molecule has 0 bridgehead atoms. The highest BCUT2D eigenvalue weighted by atomic mass is 14.1. The summed E-state index contributed by atoms with van der Waals surface area (Å²) < 4.78 is 0. The first-order valence-electron chi connectivity index (χ1n) is 5.06. The summed E-state index contributed by atoms with van der Waals surface area (Å²) in [6.45, 7) is 8.69. The van der Waals surface area contributed by atoms with Crippen LogP contribution in [0.3, 0.4) is 0 Å². The van der Waals surface area contributed by atoms with Gasteiger partial charge in [-0.1, -0.05) is 29.8 Å². The molecule has 0 heteroatoms. The molecule has 0 spiro atoms. The summed E-state index contributed by atoms with van der Waals surface area (Å²) in [5, 5.41) is 0. The van der Waals surface area contributed by atoms with Crippen molar-refractivity contribution in [1.82, 2.24) is 0 Å². The zero-order valence-electron chi connectivity index (χ0n) is 9.31. The molecular formula is C14H16. The lowest BCUT2D eigenvalue weighted by atomic mass is 10.1. The van der Waals surface area contributed by atoms with E-state index in [1.54, 1.807) is 0 Å². The van der Waals surface area contributed by atoms with Gasteiger partial charge in [0, 0.05) is 0 Å². The highest BCUT2D eigenvalue weighted by molar-refractivity contribution is 5.74. The van der Waals surface area contributed by atoms with Gasteiger partial charge in [0.2, 0.25) is 0 Å². The monoisotopic (exact) mass is 184 g/mol. The third-order valence-electron chi connectivity index (χ3n) is 2.77. The molecule has 14 heavy (non-hydrogen) atoms. The molecule has 0 saturated heterocycles. The maximum atomic E-state index is 2.27. The average molecular weight is 184 g/mol. The maximum absolute atomic E-state index is 2.27. The van der Waals surface area contributed by atoms with Gasteiger partial charge in [-0.3, -0.25) is 0 Å². The quantitative estimate of drug-likeness (QED) is 0.580. The van der Waals surface area contributed by atoms with Crippen molar-refractivity contribution in [3.05, 3.63) is 46.5 Å². The molecule has 0 N–H and O–H groups in total. The fourth-order valence-electron chi connectivity index (χ4n) is 2.19. The number of aryl methyl sites for hydroxylation is 4. The van der Waals surface area contributed by atoms with E-state index in [1.165, 1.54) is 33.4 Å². The van der Waals surface area contributed by atoms with E-state index in [0.29, 0.717) is 0 Å². The lowest BCUT2D eigenvalue weighted by molar-refractivity contribution is 1.42. The van der Waals surface area contributed by atoms with Gasteiger partial charge in [0.25, 0.3) is 0 Å². The number of fused-ring (bicyclic) bond motifs is 1. The van der Waals surface area contributed by atoms with Crippen LogP contribution in [0.15, 0.2) is 24.3 Å². The van der Waals surface area contributed by atoms with Crippen LogP contribution in [0.1, 0.15) is 22.3 Å². The van der Waals surface area contributed by atoms with Crippen molar-refractivity contribution in [2.24, 2.45) is 0 Å². The van der Waals surface area contributed by atoms with Gasteiger partial charge in [0.1, 0.15) is 0 Å². The highest BCUT2D eigenvalue weighted by Gasteiger charge is 2.08. The molecule has 2 aliphatic carbocycles. The number of hydrogen-bond donors (Lipinski definition) is 0. The number of hydrogen-bond acceptors (Lipinski definition) is 0. The molecule has 0 nitrogen and oxygen atoms in total. The van der Waals surface area contributed by atoms with Gasteiger partial charge in [-0.15, -0.1) is 0 Å². The normalized spacial score (nSPS) is 10.9. The average Bonchev–Trinajstić information content (AvgIpc) is 2.42. The molecule has 72 valence electrons. The molecule has 0 aliphatic heterocycles. The molecule has 0 heterocycles. The second-order valence-corrected chi connectivity index (χ2v) is 4.26. The van der Waals surface area contributed by atoms with E-state index in [2.05, 4.69) is 52.0 Å². The zero-order valence-corrected chi connectivity index (χ0v) is 9.31. The summed E-state index contributed by atoms with van der Waals surface area (Å²) in [4.78, 5) is 0. The van der Waals surface area contributed by atoms with Gasteiger partial charge in [-0.05, 0) is 55.5 Å². The first-order valence-corrected chi connectivity index (χ1v) is 5.06. The smallest absolute Gasteiger partial charge is 0.0149 e. The molecule has 2 rings (SSSR count). The second-order valence-electron chi connectivity index (χ2n) is 4.26. The standard InChI is InChI=1S/C14H16/c1-9-5-11(3)13-7-10(2)8-14(13)12(4)6-9/h5-8H,1-4H3. The fourth-order valence-corrected chi connectivity index (χ4v) is 2.19. The lowest BCUT2D eigenvalue weighted by Crippen LogP contribution is -1.75. The highest BCUT2D eigenvalue weighted by Crippen LogP contribution is 2.31. The Labute approximate surface area is 85.9 Å². The van der Waals surface area contributed by atoms with Gasteiger partial charge in [0.15, 0.2) is 0 Å². The van der Waals surface area contributed by atoms with Crippen LogP contribution in [-0.4, -0.2) is 0 Å². The second kappa shape index (κ2) is 3.13. The van der Waals surface area contributed by atoms with Gasteiger partial charge < -0.3 is 0 Å². The Bertz CT molecular complexity index is 413. The molecule has 0 unspecified atom stereocenters. The van der Waals surface area contributed by atoms with Gasteiger partial charge >= 0.3 is 0 Å². The maximum Gasteiger partial charge on any atom is -0.0149 e. The van der Waals surface area contributed by atoms with Crippen LogP contribution in [0.2, 0.25) is 0 Å². The Hall–Kier alpha value is -1.30. The Morgan fingerprint density at radius 2 is 0.929 bits per heavy atom. The predicted molar refractivity (Wildman–Crippen MR) is 62.0 cm³/mol. The van der Waals surface area contributed by atoms with E-state index in [0.717, 1.165) is 0 Å². The first kappa shape index (κ1) is 9.26. The van der Waals surface area contributed by atoms with Crippen molar-refractivity contribution in [1.29, 1.82) is 0 Å². The van der Waals surface area contributed by atoms with Crippen LogP contribution in [-0.2, 0) is 0 Å². The van der Waals surface area contributed by atoms with Crippen molar-refractivity contribution in [3.8, 4) is 11.1 Å². The van der Waals surface area contributed by atoms with Crippen molar-refractivity contribution in [2.75, 3.05) is 0 Å². The topological polar surface area (TPSA) is 0 Å². The Morgan fingerprint density at radius 1 is 0.571 bits per heavy atom. The minimum atomic E-state index is 1.34. The van der Waals surface area contributed by atoms with Crippen LogP contribution >= 0.6 is 0 Å². The molecule has 0 fully saturated rings. The predicted octanol–water partition coefficient (Wildman–Crippen LogP) is 4.03. The van der Waals surface area contributed by atoms with E-state index < -0.39 is 0 Å². The fraction of sp³-hybridized carbons (Fsp3) is 0.286. The summed E-state index contributed by atoms with van der Waals surface area (Å²) in [6, 6.07) is 9.07. The summed E-state index contributed by atoms with van der Waals surface area (Å²) >= 11 is 0. The summed E-state index contributed by atoms with van der Waals surface area (Å²) in [6.07, 6.45) is 0. The van der Waals surface area contributed by atoms with Crippen molar-refractivity contribution in [3.63, 3.8) is 0 Å². The molecule has 0 aromatic heterocycles. The first-order chi connectivity index (χ1) is 6.58. The zero-order chi connectivity index (χ0) is 10.3. The molecule has 0 atom stereocenters. The van der Waals surface area contributed by atoms with E-state index >= 15 is 0 Å². The third kappa shape index (κ3) is 1.41. The van der Waals surface area contributed by atoms with Crippen molar-refractivity contribution < 1.29 is 0 Å². The van der Waals surface area contributed by atoms with Crippen LogP contribution in [0.4, 0.5) is 0 Å². The Kier molecular flexibility index (Phi) is 2.07. The molecule has 0 aromatic carbocycles. The SMILES string of the molecule is Cc1cc(C)c2cc(C)cc-2c(C)c1. The molecular weight excluding hydrogens is 168 g/mol. The largest absolute Gasteiger partial charge is 0.0558 e. The van der Waals surface area contributed by atoms with Crippen LogP contribution in [0.25, 0.3) is 11.1 Å². The number of rotatable bonds is 0. The summed E-state index contributed by atoms with van der Waals surface area (Å²) in [7, 11) is 0. The minimum Gasteiger partial charge on any atom is -0.0558 e. The molecule has 0 saturated carbocycles. The Balaban J connectivity index is 2.86. The summed E-state index contributed by atoms with van der Waals surface area (Å²) in [5.74, 6) is 0. The van der Waals surface area contributed by atoms with Crippen molar-refractivity contribution in [2.45, 2.75) is 27.7 Å². The molecule has 2 aliphatic rings. The molecule has 0 aromatic rings. The minimum absolute atomic E-state index is 1.34. The summed E-state index contributed by atoms with van der Waals surface area (Å²) in [5.41, 5.74) is 8.24. The van der Waals surface area contributed by atoms with Crippen LogP contribution in [0.5, 0.6) is 0 Å². The lowest BCUT2D eigenvalue weighted by Gasteiger charge is -1.98. The van der Waals surface area contributed by atoms with E-state index in [-0.39, 0.29) is 0 Å². The van der Waals surface area contributed by atoms with Gasteiger partial charge in [-0.2, -0.15) is 0 Å².